The summed E-state index contributed by atoms with van der Waals surface area (Å²) >= 11 is 3.56. The Hall–Kier alpha value is -1.35. The van der Waals surface area contributed by atoms with Gasteiger partial charge < -0.3 is 4.74 Å². The number of hydrogen-bond donors (Lipinski definition) is 0. The van der Waals surface area contributed by atoms with Crippen molar-refractivity contribution in [1.29, 1.82) is 0 Å². The number of methoxy groups -OCH3 is 1. The summed E-state index contributed by atoms with van der Waals surface area (Å²) in [7, 11) is 1.44. The molecule has 7 heteroatoms. The quantitative estimate of drug-likeness (QED) is 0.450. The maximum atomic E-state index is 14.4. The molecule has 0 aliphatic rings. The first-order chi connectivity index (χ1) is 10.5. The normalized spacial score (nSPS) is 11.4. The van der Waals surface area contributed by atoms with Crippen LogP contribution in [0.4, 0.5) is 4.39 Å². The zero-order valence-electron chi connectivity index (χ0n) is 12.2. The van der Waals surface area contributed by atoms with Crippen molar-refractivity contribution in [2.45, 2.75) is 19.8 Å². The van der Waals surface area contributed by atoms with E-state index in [-0.39, 0.29) is 11.3 Å². The molecule has 0 saturated heterocycles. The third-order valence-corrected chi connectivity index (χ3v) is 4.93. The van der Waals surface area contributed by atoms with Gasteiger partial charge in [0.25, 0.3) is 0 Å². The molecule has 0 saturated carbocycles. The van der Waals surface area contributed by atoms with E-state index in [0.29, 0.717) is 25.8 Å². The molecule has 0 bridgehead atoms. The molecule has 0 aliphatic carbocycles. The highest BCUT2D eigenvalue weighted by Gasteiger charge is 2.17. The average molecular weight is 429 g/mol. The van der Waals surface area contributed by atoms with E-state index < -0.39 is 5.82 Å². The van der Waals surface area contributed by atoms with E-state index in [1.807, 2.05) is 5.38 Å². The van der Waals surface area contributed by atoms with Crippen LogP contribution in [0.1, 0.15) is 25.5 Å². The lowest BCUT2D eigenvalue weighted by Crippen LogP contribution is -1.98. The number of hydrogen-bond acceptors (Lipinski definition) is 5. The van der Waals surface area contributed by atoms with Gasteiger partial charge in [-0.1, -0.05) is 13.8 Å². The van der Waals surface area contributed by atoms with E-state index in [9.17, 15) is 4.39 Å². The van der Waals surface area contributed by atoms with Crippen LogP contribution in [0.25, 0.3) is 21.7 Å². The molecular formula is C15H13FIN3OS. The van der Waals surface area contributed by atoms with E-state index in [1.54, 1.807) is 12.1 Å². The molecule has 22 heavy (non-hydrogen) atoms. The van der Waals surface area contributed by atoms with Crippen LogP contribution in [-0.2, 0) is 0 Å². The topological polar surface area (TPSA) is 47.9 Å². The molecule has 0 N–H and O–H groups in total. The molecule has 2 heterocycles. The third-order valence-electron chi connectivity index (χ3n) is 3.25. The maximum absolute atomic E-state index is 14.4. The third kappa shape index (κ3) is 2.67. The molecule has 4 nitrogen and oxygen atoms in total. The summed E-state index contributed by atoms with van der Waals surface area (Å²) in [6.07, 6.45) is 0. The van der Waals surface area contributed by atoms with Crippen molar-refractivity contribution in [2.24, 2.45) is 0 Å². The Labute approximate surface area is 144 Å². The van der Waals surface area contributed by atoms with Crippen LogP contribution < -0.4 is 4.74 Å². The SMILES string of the molecule is COc1ccc2c(I)nc(-c3nc(C(C)C)cs3)nc2c1F. The highest BCUT2D eigenvalue weighted by atomic mass is 127. The molecule has 114 valence electrons. The second-order valence-electron chi connectivity index (χ2n) is 5.05. The Morgan fingerprint density at radius 1 is 1.23 bits per heavy atom. The standard InChI is InChI=1S/C15H13FIN3OS/c1-7(2)9-6-22-15(18-9)14-19-12-8(13(17)20-14)4-5-10(21-3)11(12)16/h4-7H,1-3H3. The van der Waals surface area contributed by atoms with Crippen LogP contribution in [-0.4, -0.2) is 22.1 Å². The van der Waals surface area contributed by atoms with Gasteiger partial charge in [0, 0.05) is 10.8 Å². The number of benzene rings is 1. The lowest BCUT2D eigenvalue weighted by atomic mass is 10.2. The monoisotopic (exact) mass is 429 g/mol. The molecule has 0 spiro atoms. The van der Waals surface area contributed by atoms with E-state index in [0.717, 1.165) is 5.69 Å². The zero-order chi connectivity index (χ0) is 15.9. The van der Waals surface area contributed by atoms with Crippen LogP contribution >= 0.6 is 33.9 Å². The molecular weight excluding hydrogens is 416 g/mol. The molecule has 0 unspecified atom stereocenters. The van der Waals surface area contributed by atoms with E-state index in [1.165, 1.54) is 18.4 Å². The van der Waals surface area contributed by atoms with Gasteiger partial charge in [-0.3, -0.25) is 0 Å². The minimum atomic E-state index is -0.470. The van der Waals surface area contributed by atoms with Crippen LogP contribution in [0.3, 0.4) is 0 Å². The largest absolute Gasteiger partial charge is 0.494 e. The van der Waals surface area contributed by atoms with Crippen molar-refractivity contribution in [1.82, 2.24) is 15.0 Å². The number of nitrogens with zero attached hydrogens (tertiary/aromatic N) is 3. The second kappa shape index (κ2) is 6.04. The van der Waals surface area contributed by atoms with E-state index in [4.69, 9.17) is 4.74 Å². The van der Waals surface area contributed by atoms with E-state index >= 15 is 0 Å². The van der Waals surface area contributed by atoms with Gasteiger partial charge in [-0.05, 0) is 40.6 Å². The molecule has 3 rings (SSSR count). The Kier molecular flexibility index (Phi) is 4.26. The van der Waals surface area contributed by atoms with Crippen molar-refractivity contribution in [3.05, 3.63) is 32.7 Å². The summed E-state index contributed by atoms with van der Waals surface area (Å²) in [6.45, 7) is 4.16. The Balaban J connectivity index is 2.20. The van der Waals surface area contributed by atoms with Crippen LogP contribution in [0, 0.1) is 9.52 Å². The molecule has 1 aromatic carbocycles. The first kappa shape index (κ1) is 15.5. The molecule has 0 aliphatic heterocycles. The van der Waals surface area contributed by atoms with E-state index in [2.05, 4.69) is 51.4 Å². The number of aromatic nitrogens is 3. The Morgan fingerprint density at radius 2 is 2.00 bits per heavy atom. The average Bonchev–Trinajstić information content (AvgIpc) is 2.98. The summed E-state index contributed by atoms with van der Waals surface area (Å²) < 4.78 is 20.2. The van der Waals surface area contributed by atoms with Crippen molar-refractivity contribution >= 4 is 44.8 Å². The summed E-state index contributed by atoms with van der Waals surface area (Å²) in [4.78, 5) is 13.4. The minimum Gasteiger partial charge on any atom is -0.494 e. The molecule has 3 aromatic rings. The van der Waals surface area contributed by atoms with Crippen molar-refractivity contribution < 1.29 is 9.13 Å². The molecule has 0 atom stereocenters. The van der Waals surface area contributed by atoms with Gasteiger partial charge in [0.2, 0.25) is 0 Å². The number of ether oxygens (including phenoxy) is 1. The summed E-state index contributed by atoms with van der Waals surface area (Å²) in [5.41, 5.74) is 1.25. The smallest absolute Gasteiger partial charge is 0.191 e. The highest BCUT2D eigenvalue weighted by molar-refractivity contribution is 14.1. The summed E-state index contributed by atoms with van der Waals surface area (Å²) in [5, 5.41) is 3.36. The first-order valence-corrected chi connectivity index (χ1v) is 8.62. The van der Waals surface area contributed by atoms with Crippen LogP contribution in [0.2, 0.25) is 0 Å². The van der Waals surface area contributed by atoms with Crippen molar-refractivity contribution in [2.75, 3.05) is 7.11 Å². The van der Waals surface area contributed by atoms with Crippen molar-refractivity contribution in [3.8, 4) is 16.6 Å². The number of rotatable bonds is 3. The van der Waals surface area contributed by atoms with Crippen LogP contribution in [0.15, 0.2) is 17.5 Å². The maximum Gasteiger partial charge on any atom is 0.191 e. The molecule has 0 fully saturated rings. The molecule has 0 radical (unpaired) electrons. The van der Waals surface area contributed by atoms with Gasteiger partial charge >= 0.3 is 0 Å². The highest BCUT2D eigenvalue weighted by Crippen LogP contribution is 2.31. The predicted molar refractivity (Wildman–Crippen MR) is 94.0 cm³/mol. The molecule has 0 amide bonds. The fourth-order valence-corrected chi connectivity index (χ4v) is 3.59. The first-order valence-electron chi connectivity index (χ1n) is 6.66. The van der Waals surface area contributed by atoms with Crippen LogP contribution in [0.5, 0.6) is 5.75 Å². The number of fused-ring (bicyclic) bond motifs is 1. The lowest BCUT2D eigenvalue weighted by molar-refractivity contribution is 0.388. The zero-order valence-corrected chi connectivity index (χ0v) is 15.2. The number of thiazole rings is 1. The predicted octanol–water partition coefficient (Wildman–Crippen LogP) is 4.63. The lowest BCUT2D eigenvalue weighted by Gasteiger charge is -2.07. The van der Waals surface area contributed by atoms with Gasteiger partial charge in [-0.25, -0.2) is 19.3 Å². The fraction of sp³-hybridized carbons (Fsp3) is 0.267. The van der Waals surface area contributed by atoms with Gasteiger partial charge in [0.1, 0.15) is 9.22 Å². The summed E-state index contributed by atoms with van der Waals surface area (Å²) in [6, 6.07) is 3.35. The number of halogens is 2. The second-order valence-corrected chi connectivity index (χ2v) is 6.93. The van der Waals surface area contributed by atoms with Crippen molar-refractivity contribution in [3.63, 3.8) is 0 Å². The van der Waals surface area contributed by atoms with Gasteiger partial charge in [0.15, 0.2) is 22.4 Å². The minimum absolute atomic E-state index is 0.176. The van der Waals surface area contributed by atoms with Gasteiger partial charge in [-0.2, -0.15) is 0 Å². The Bertz CT molecular complexity index is 850. The Morgan fingerprint density at radius 3 is 2.64 bits per heavy atom. The van der Waals surface area contributed by atoms with Gasteiger partial charge in [0.05, 0.1) is 12.8 Å². The van der Waals surface area contributed by atoms with Gasteiger partial charge in [-0.15, -0.1) is 11.3 Å². The molecule has 2 aromatic heterocycles. The summed E-state index contributed by atoms with van der Waals surface area (Å²) in [5.74, 6) is 0.486. The fourth-order valence-electron chi connectivity index (χ4n) is 2.01.